The number of rotatable bonds is 5. The number of halogens is 2. The first kappa shape index (κ1) is 18.1. The van der Waals surface area contributed by atoms with E-state index in [2.05, 4.69) is 20.0 Å². The van der Waals surface area contributed by atoms with Crippen molar-refractivity contribution in [2.45, 2.75) is 32.8 Å². The lowest BCUT2D eigenvalue weighted by atomic mass is 9.96. The van der Waals surface area contributed by atoms with Gasteiger partial charge in [-0.05, 0) is 36.0 Å². The molecule has 1 aromatic heterocycles. The predicted octanol–water partition coefficient (Wildman–Crippen LogP) is 3.73. The molecule has 0 aliphatic heterocycles. The maximum absolute atomic E-state index is 12.3. The summed E-state index contributed by atoms with van der Waals surface area (Å²) in [5.41, 5.74) is 0.383. The fraction of sp³-hybridized carbons (Fsp3) is 0.400. The molecule has 0 aliphatic rings. The number of alkyl halides is 2. The van der Waals surface area contributed by atoms with E-state index >= 15 is 0 Å². The number of nitrogens with one attached hydrogen (secondary N) is 1. The van der Waals surface area contributed by atoms with Gasteiger partial charge in [0.15, 0.2) is 17.3 Å². The second-order valence-electron chi connectivity index (χ2n) is 5.95. The van der Waals surface area contributed by atoms with E-state index in [4.69, 9.17) is 17.0 Å². The SMILES string of the molecule is COc1cc(/C=N\n2c(C(C)(C)C)n[nH]c2=S)ccc1OC(F)F. The Hall–Kier alpha value is -2.29. The van der Waals surface area contributed by atoms with Gasteiger partial charge in [-0.3, -0.25) is 5.10 Å². The first-order valence-corrected chi connectivity index (χ1v) is 7.48. The number of H-pyrrole nitrogens is 1. The number of aromatic nitrogens is 3. The second-order valence-corrected chi connectivity index (χ2v) is 6.33. The Morgan fingerprint density at radius 3 is 2.62 bits per heavy atom. The quantitative estimate of drug-likeness (QED) is 0.655. The van der Waals surface area contributed by atoms with Crippen LogP contribution in [0, 0.1) is 4.77 Å². The van der Waals surface area contributed by atoms with Crippen LogP contribution in [0.15, 0.2) is 23.3 Å². The second kappa shape index (κ2) is 7.08. The molecule has 1 aromatic carbocycles. The lowest BCUT2D eigenvalue weighted by Gasteiger charge is -2.15. The molecule has 1 N–H and O–H groups in total. The molecule has 0 fully saturated rings. The minimum Gasteiger partial charge on any atom is -0.493 e. The van der Waals surface area contributed by atoms with Crippen LogP contribution >= 0.6 is 12.2 Å². The fourth-order valence-corrected chi connectivity index (χ4v) is 2.15. The molecular formula is C15H18F2N4O2S. The summed E-state index contributed by atoms with van der Waals surface area (Å²) in [5.74, 6) is 0.819. The average Bonchev–Trinajstić information content (AvgIpc) is 2.86. The van der Waals surface area contributed by atoms with Crippen molar-refractivity contribution in [3.8, 4) is 11.5 Å². The fourth-order valence-electron chi connectivity index (χ4n) is 1.97. The first-order valence-electron chi connectivity index (χ1n) is 7.07. The van der Waals surface area contributed by atoms with E-state index in [1.807, 2.05) is 20.8 Å². The largest absolute Gasteiger partial charge is 0.493 e. The van der Waals surface area contributed by atoms with Crippen LogP contribution in [0.5, 0.6) is 11.5 Å². The molecule has 6 nitrogen and oxygen atoms in total. The minimum atomic E-state index is -2.92. The zero-order valence-corrected chi connectivity index (χ0v) is 14.5. The normalized spacial score (nSPS) is 12.1. The van der Waals surface area contributed by atoms with E-state index in [0.717, 1.165) is 0 Å². The Morgan fingerprint density at radius 1 is 1.33 bits per heavy atom. The number of benzene rings is 1. The van der Waals surface area contributed by atoms with Crippen molar-refractivity contribution in [2.75, 3.05) is 7.11 Å². The molecule has 0 aliphatic carbocycles. The van der Waals surface area contributed by atoms with Crippen LogP contribution < -0.4 is 9.47 Å². The third-order valence-corrected chi connectivity index (χ3v) is 3.31. The van der Waals surface area contributed by atoms with Crippen LogP contribution in [0.2, 0.25) is 0 Å². The van der Waals surface area contributed by atoms with Crippen molar-refractivity contribution < 1.29 is 18.3 Å². The molecule has 0 spiro atoms. The van der Waals surface area contributed by atoms with Gasteiger partial charge in [-0.25, -0.2) is 0 Å². The van der Waals surface area contributed by atoms with Gasteiger partial charge in [0.2, 0.25) is 4.77 Å². The van der Waals surface area contributed by atoms with Crippen LogP contribution in [0.1, 0.15) is 32.2 Å². The Kier molecular flexibility index (Phi) is 5.33. The molecule has 9 heteroatoms. The molecule has 0 saturated heterocycles. The van der Waals surface area contributed by atoms with Gasteiger partial charge in [0, 0.05) is 5.41 Å². The van der Waals surface area contributed by atoms with E-state index in [1.54, 1.807) is 12.1 Å². The zero-order valence-electron chi connectivity index (χ0n) is 13.7. The first-order chi connectivity index (χ1) is 11.2. The molecule has 2 rings (SSSR count). The Bertz CT molecular complexity index is 794. The summed E-state index contributed by atoms with van der Waals surface area (Å²) in [7, 11) is 1.37. The highest BCUT2D eigenvalue weighted by Gasteiger charge is 2.21. The summed E-state index contributed by atoms with van der Waals surface area (Å²) < 4.78 is 36.0. The van der Waals surface area contributed by atoms with Crippen molar-refractivity contribution in [2.24, 2.45) is 5.10 Å². The van der Waals surface area contributed by atoms with Gasteiger partial charge >= 0.3 is 6.61 Å². The van der Waals surface area contributed by atoms with E-state index in [9.17, 15) is 8.78 Å². The van der Waals surface area contributed by atoms with Gasteiger partial charge in [-0.2, -0.15) is 23.7 Å². The van der Waals surface area contributed by atoms with E-state index in [1.165, 1.54) is 24.1 Å². The van der Waals surface area contributed by atoms with Crippen LogP contribution in [-0.2, 0) is 5.41 Å². The smallest absolute Gasteiger partial charge is 0.387 e. The van der Waals surface area contributed by atoms with Crippen LogP contribution in [0.25, 0.3) is 0 Å². The number of ether oxygens (including phenoxy) is 2. The number of nitrogens with zero attached hydrogens (tertiary/aromatic N) is 3. The number of methoxy groups -OCH3 is 1. The Labute approximate surface area is 143 Å². The summed E-state index contributed by atoms with van der Waals surface area (Å²) in [5, 5.41) is 11.2. The van der Waals surface area contributed by atoms with Gasteiger partial charge in [0.25, 0.3) is 0 Å². The number of hydrogen-bond acceptors (Lipinski definition) is 5. The minimum absolute atomic E-state index is 0.0417. The van der Waals surface area contributed by atoms with Crippen molar-refractivity contribution in [3.63, 3.8) is 0 Å². The summed E-state index contributed by atoms with van der Waals surface area (Å²) in [4.78, 5) is 0. The van der Waals surface area contributed by atoms with E-state index in [-0.39, 0.29) is 16.9 Å². The molecule has 130 valence electrons. The topological polar surface area (TPSA) is 64.4 Å². The molecule has 24 heavy (non-hydrogen) atoms. The third-order valence-electron chi connectivity index (χ3n) is 3.05. The number of aromatic amines is 1. The van der Waals surface area contributed by atoms with Crippen molar-refractivity contribution >= 4 is 18.4 Å². The molecular weight excluding hydrogens is 338 g/mol. The summed E-state index contributed by atoms with van der Waals surface area (Å²) >= 11 is 5.18. The summed E-state index contributed by atoms with van der Waals surface area (Å²) in [6, 6.07) is 4.53. The molecule has 2 aromatic rings. The van der Waals surface area contributed by atoms with Crippen LogP contribution in [0.4, 0.5) is 8.78 Å². The van der Waals surface area contributed by atoms with Crippen LogP contribution in [0.3, 0.4) is 0 Å². The Balaban J connectivity index is 2.34. The molecule has 0 atom stereocenters. The van der Waals surface area contributed by atoms with Gasteiger partial charge in [-0.15, -0.1) is 0 Å². The lowest BCUT2D eigenvalue weighted by molar-refractivity contribution is -0.0512. The molecule has 0 amide bonds. The van der Waals surface area contributed by atoms with E-state index < -0.39 is 6.61 Å². The highest BCUT2D eigenvalue weighted by Crippen LogP contribution is 2.29. The van der Waals surface area contributed by atoms with Gasteiger partial charge in [0.1, 0.15) is 0 Å². The van der Waals surface area contributed by atoms with Crippen LogP contribution in [-0.4, -0.2) is 34.8 Å². The maximum atomic E-state index is 12.3. The highest BCUT2D eigenvalue weighted by molar-refractivity contribution is 7.71. The summed E-state index contributed by atoms with van der Waals surface area (Å²) in [6.45, 7) is 3.05. The number of hydrogen-bond donors (Lipinski definition) is 1. The Morgan fingerprint density at radius 2 is 2.04 bits per heavy atom. The van der Waals surface area contributed by atoms with Gasteiger partial charge < -0.3 is 9.47 Å². The molecule has 0 bridgehead atoms. The maximum Gasteiger partial charge on any atom is 0.387 e. The molecule has 0 saturated carbocycles. The van der Waals surface area contributed by atoms with E-state index in [0.29, 0.717) is 16.2 Å². The summed E-state index contributed by atoms with van der Waals surface area (Å²) in [6.07, 6.45) is 1.54. The van der Waals surface area contributed by atoms with Crippen molar-refractivity contribution in [1.29, 1.82) is 0 Å². The average molecular weight is 356 g/mol. The van der Waals surface area contributed by atoms with Crippen molar-refractivity contribution in [3.05, 3.63) is 34.4 Å². The molecule has 1 heterocycles. The van der Waals surface area contributed by atoms with Gasteiger partial charge in [-0.1, -0.05) is 20.8 Å². The third kappa shape index (κ3) is 4.16. The standard InChI is InChI=1S/C15H18F2N4O2S/c1-15(2,3)12-19-20-14(24)21(12)18-8-9-5-6-10(23-13(16)17)11(7-9)22-4/h5-8,13H,1-4H3,(H,20,24)/b18-8-. The lowest BCUT2D eigenvalue weighted by Crippen LogP contribution is -2.17. The molecule has 0 radical (unpaired) electrons. The molecule has 0 unspecified atom stereocenters. The van der Waals surface area contributed by atoms with Crippen molar-refractivity contribution in [1.82, 2.24) is 14.9 Å². The van der Waals surface area contributed by atoms with Gasteiger partial charge in [0.05, 0.1) is 13.3 Å². The zero-order chi connectivity index (χ0) is 17.9. The predicted molar refractivity (Wildman–Crippen MR) is 88.7 cm³/mol. The monoisotopic (exact) mass is 356 g/mol. The highest BCUT2D eigenvalue weighted by atomic mass is 32.1.